The number of piperidine rings is 1. The Hall–Kier alpha value is -1.83. The molecule has 1 aliphatic heterocycles. The van der Waals surface area contributed by atoms with Crippen LogP contribution in [-0.4, -0.2) is 66.9 Å². The highest BCUT2D eigenvalue weighted by atomic mass is 16.6. The number of ether oxygens (including phenoxy) is 3. The molecule has 0 aromatic carbocycles. The van der Waals surface area contributed by atoms with Crippen LogP contribution in [0.2, 0.25) is 0 Å². The fourth-order valence-corrected chi connectivity index (χ4v) is 2.61. The average molecular weight is 358 g/mol. The summed E-state index contributed by atoms with van der Waals surface area (Å²) in [4.78, 5) is 37.8. The topological polar surface area (TPSA) is 94.2 Å². The van der Waals surface area contributed by atoms with Crippen molar-refractivity contribution >= 4 is 18.0 Å². The summed E-state index contributed by atoms with van der Waals surface area (Å²) < 4.78 is 15.2. The van der Waals surface area contributed by atoms with E-state index in [1.165, 1.54) is 0 Å². The smallest absolute Gasteiger partial charge is 0.407 e. The van der Waals surface area contributed by atoms with E-state index in [0.29, 0.717) is 25.9 Å². The predicted molar refractivity (Wildman–Crippen MR) is 91.0 cm³/mol. The Labute approximate surface area is 149 Å². The third-order valence-corrected chi connectivity index (χ3v) is 3.64. The van der Waals surface area contributed by atoms with Crippen LogP contribution in [0.4, 0.5) is 4.79 Å². The van der Waals surface area contributed by atoms with Gasteiger partial charge in [0.05, 0.1) is 13.2 Å². The quantitative estimate of drug-likeness (QED) is 0.436. The molecule has 8 heteroatoms. The zero-order chi connectivity index (χ0) is 19.0. The SMILES string of the molecule is CCOC(=O)C(C(=O)OCC)N1CCC(NC(=O)OC(C)(C)C)CC1. The Morgan fingerprint density at radius 1 is 1.04 bits per heavy atom. The van der Waals surface area contributed by atoms with Crippen molar-refractivity contribution in [3.63, 3.8) is 0 Å². The first-order valence-corrected chi connectivity index (χ1v) is 8.74. The molecule has 1 aliphatic rings. The van der Waals surface area contributed by atoms with Gasteiger partial charge in [-0.05, 0) is 47.5 Å². The fourth-order valence-electron chi connectivity index (χ4n) is 2.61. The van der Waals surface area contributed by atoms with Crippen molar-refractivity contribution < 1.29 is 28.6 Å². The van der Waals surface area contributed by atoms with Gasteiger partial charge in [0.25, 0.3) is 0 Å². The minimum Gasteiger partial charge on any atom is -0.464 e. The maximum atomic E-state index is 12.1. The first-order chi connectivity index (χ1) is 11.7. The van der Waals surface area contributed by atoms with Gasteiger partial charge in [-0.2, -0.15) is 0 Å². The zero-order valence-corrected chi connectivity index (χ0v) is 15.8. The number of hydrogen-bond acceptors (Lipinski definition) is 7. The maximum absolute atomic E-state index is 12.1. The molecule has 1 saturated heterocycles. The number of nitrogens with one attached hydrogen (secondary N) is 1. The number of hydrogen-bond donors (Lipinski definition) is 1. The number of likely N-dealkylation sites (tertiary alicyclic amines) is 1. The molecule has 0 unspecified atom stereocenters. The van der Waals surface area contributed by atoms with Crippen LogP contribution in [0.25, 0.3) is 0 Å². The largest absolute Gasteiger partial charge is 0.464 e. The molecule has 0 radical (unpaired) electrons. The van der Waals surface area contributed by atoms with Gasteiger partial charge in [-0.15, -0.1) is 0 Å². The summed E-state index contributed by atoms with van der Waals surface area (Å²) in [5.74, 6) is -1.20. The molecule has 0 aromatic heterocycles. The monoisotopic (exact) mass is 358 g/mol. The lowest BCUT2D eigenvalue weighted by atomic mass is 10.0. The van der Waals surface area contributed by atoms with Crippen molar-refractivity contribution in [3.8, 4) is 0 Å². The Morgan fingerprint density at radius 2 is 1.52 bits per heavy atom. The number of rotatable bonds is 6. The minimum absolute atomic E-state index is 0.0591. The van der Waals surface area contributed by atoms with Crippen molar-refractivity contribution in [1.82, 2.24) is 10.2 Å². The number of esters is 2. The third-order valence-electron chi connectivity index (χ3n) is 3.64. The molecular weight excluding hydrogens is 328 g/mol. The van der Waals surface area contributed by atoms with Crippen LogP contribution in [0.3, 0.4) is 0 Å². The van der Waals surface area contributed by atoms with Crippen molar-refractivity contribution in [1.29, 1.82) is 0 Å². The summed E-state index contributed by atoms with van der Waals surface area (Å²) >= 11 is 0. The molecule has 0 saturated carbocycles. The number of carbonyl (C=O) groups is 3. The Bertz CT molecular complexity index is 448. The van der Waals surface area contributed by atoms with Gasteiger partial charge in [-0.3, -0.25) is 4.90 Å². The number of carbonyl (C=O) groups excluding carboxylic acids is 3. The van der Waals surface area contributed by atoms with Crippen LogP contribution >= 0.6 is 0 Å². The Kier molecular flexibility index (Phi) is 8.15. The highest BCUT2D eigenvalue weighted by molar-refractivity contribution is 5.99. The molecule has 1 rings (SSSR count). The summed E-state index contributed by atoms with van der Waals surface area (Å²) in [6.07, 6.45) is 0.751. The molecular formula is C17H30N2O6. The molecule has 0 aromatic rings. The first kappa shape index (κ1) is 21.2. The molecule has 1 fully saturated rings. The van der Waals surface area contributed by atoms with Gasteiger partial charge in [0.2, 0.25) is 6.04 Å². The maximum Gasteiger partial charge on any atom is 0.407 e. The van der Waals surface area contributed by atoms with E-state index < -0.39 is 29.7 Å². The van der Waals surface area contributed by atoms with E-state index in [1.807, 2.05) is 0 Å². The standard InChI is InChI=1S/C17H30N2O6/c1-6-23-14(20)13(15(21)24-7-2)19-10-8-12(9-11-19)18-16(22)25-17(3,4)5/h12-13H,6-11H2,1-5H3,(H,18,22). The van der Waals surface area contributed by atoms with Gasteiger partial charge >= 0.3 is 18.0 Å². The number of nitrogens with zero attached hydrogens (tertiary/aromatic N) is 1. The van der Waals surface area contributed by atoms with Crippen LogP contribution in [0.5, 0.6) is 0 Å². The van der Waals surface area contributed by atoms with E-state index >= 15 is 0 Å². The zero-order valence-electron chi connectivity index (χ0n) is 15.8. The summed E-state index contributed by atoms with van der Waals surface area (Å²) in [7, 11) is 0. The fraction of sp³-hybridized carbons (Fsp3) is 0.824. The van der Waals surface area contributed by atoms with Gasteiger partial charge in [-0.25, -0.2) is 14.4 Å². The molecule has 25 heavy (non-hydrogen) atoms. The summed E-state index contributed by atoms with van der Waals surface area (Å²) in [6.45, 7) is 10.1. The highest BCUT2D eigenvalue weighted by Crippen LogP contribution is 2.16. The molecule has 0 bridgehead atoms. The van der Waals surface area contributed by atoms with Gasteiger partial charge in [0.1, 0.15) is 5.60 Å². The van der Waals surface area contributed by atoms with E-state index in [2.05, 4.69) is 5.32 Å². The molecule has 0 aliphatic carbocycles. The summed E-state index contributed by atoms with van der Waals surface area (Å²) in [5, 5.41) is 2.82. The molecule has 0 atom stereocenters. The Morgan fingerprint density at radius 3 is 1.92 bits per heavy atom. The van der Waals surface area contributed by atoms with Crippen LogP contribution < -0.4 is 5.32 Å². The van der Waals surface area contributed by atoms with Crippen LogP contribution in [0, 0.1) is 0 Å². The lowest BCUT2D eigenvalue weighted by Crippen LogP contribution is -2.54. The van der Waals surface area contributed by atoms with Crippen molar-refractivity contribution in [2.24, 2.45) is 0 Å². The van der Waals surface area contributed by atoms with Crippen molar-refractivity contribution in [3.05, 3.63) is 0 Å². The second-order valence-electron chi connectivity index (χ2n) is 6.86. The predicted octanol–water partition coefficient (Wildman–Crippen LogP) is 1.47. The molecule has 8 nitrogen and oxygen atoms in total. The minimum atomic E-state index is -1.05. The van der Waals surface area contributed by atoms with Crippen LogP contribution in [-0.2, 0) is 23.8 Å². The lowest BCUT2D eigenvalue weighted by molar-refractivity contribution is -0.164. The second-order valence-corrected chi connectivity index (χ2v) is 6.86. The molecule has 1 heterocycles. The number of alkyl carbamates (subject to hydrolysis) is 1. The molecule has 144 valence electrons. The van der Waals surface area contributed by atoms with Gasteiger partial charge in [0, 0.05) is 19.1 Å². The van der Waals surface area contributed by atoms with Crippen LogP contribution in [0.1, 0.15) is 47.5 Å². The van der Waals surface area contributed by atoms with Gasteiger partial charge in [-0.1, -0.05) is 0 Å². The van der Waals surface area contributed by atoms with Gasteiger partial charge in [0.15, 0.2) is 0 Å². The highest BCUT2D eigenvalue weighted by Gasteiger charge is 2.37. The average Bonchev–Trinajstić information content (AvgIpc) is 2.48. The molecule has 1 N–H and O–H groups in total. The number of amides is 1. The van der Waals surface area contributed by atoms with Crippen LogP contribution in [0.15, 0.2) is 0 Å². The second kappa shape index (κ2) is 9.60. The molecule has 0 spiro atoms. The first-order valence-electron chi connectivity index (χ1n) is 8.74. The Balaban J connectivity index is 2.60. The summed E-state index contributed by atoms with van der Waals surface area (Å²) in [6, 6.07) is -1.11. The lowest BCUT2D eigenvalue weighted by Gasteiger charge is -2.35. The molecule has 1 amide bonds. The normalized spacial score (nSPS) is 16.4. The van der Waals surface area contributed by atoms with E-state index in [9.17, 15) is 14.4 Å². The van der Waals surface area contributed by atoms with E-state index in [-0.39, 0.29) is 19.3 Å². The van der Waals surface area contributed by atoms with E-state index in [0.717, 1.165) is 0 Å². The van der Waals surface area contributed by atoms with E-state index in [1.54, 1.807) is 39.5 Å². The van der Waals surface area contributed by atoms with E-state index in [4.69, 9.17) is 14.2 Å². The van der Waals surface area contributed by atoms with Gasteiger partial charge < -0.3 is 19.5 Å². The van der Waals surface area contributed by atoms with Crippen molar-refractivity contribution in [2.75, 3.05) is 26.3 Å². The van der Waals surface area contributed by atoms with Crippen molar-refractivity contribution in [2.45, 2.75) is 65.1 Å². The summed E-state index contributed by atoms with van der Waals surface area (Å²) in [5.41, 5.74) is -0.552. The third kappa shape index (κ3) is 7.29.